The van der Waals surface area contributed by atoms with Gasteiger partial charge in [0.25, 0.3) is 5.89 Å². The summed E-state index contributed by atoms with van der Waals surface area (Å²) < 4.78 is 30.1. The molecular weight excluding hydrogens is 380 g/mol. The van der Waals surface area contributed by atoms with E-state index in [4.69, 9.17) is 15.9 Å². The lowest BCUT2D eigenvalue weighted by Gasteiger charge is -2.09. The van der Waals surface area contributed by atoms with Crippen molar-refractivity contribution in [3.63, 3.8) is 0 Å². The molecule has 28 heavy (non-hydrogen) atoms. The zero-order valence-electron chi connectivity index (χ0n) is 15.8. The molecule has 3 aromatic rings. The number of nitrogen functional groups attached to an aromatic ring is 1. The molecule has 0 radical (unpaired) electrons. The molecule has 0 fully saturated rings. The van der Waals surface area contributed by atoms with Gasteiger partial charge in [-0.05, 0) is 26.0 Å². The van der Waals surface area contributed by atoms with Crippen molar-refractivity contribution < 1.29 is 12.8 Å². The van der Waals surface area contributed by atoms with Gasteiger partial charge in [-0.3, -0.25) is 0 Å². The summed E-state index contributed by atoms with van der Waals surface area (Å²) in [6.07, 6.45) is 1.50. The van der Waals surface area contributed by atoms with Gasteiger partial charge >= 0.3 is 0 Å². The normalized spacial score (nSPS) is 13.0. The third-order valence-corrected chi connectivity index (χ3v) is 6.49. The predicted octanol–water partition coefficient (Wildman–Crippen LogP) is 2.02. The first kappa shape index (κ1) is 19.9. The summed E-state index contributed by atoms with van der Waals surface area (Å²) in [5.41, 5.74) is 13.0. The molecular formula is C18H22N6O3S. The van der Waals surface area contributed by atoms with Crippen molar-refractivity contribution in [1.82, 2.24) is 20.2 Å². The molecule has 0 aliphatic heterocycles. The Bertz CT molecular complexity index is 1080. The molecule has 1 atom stereocenters. The second-order valence-electron chi connectivity index (χ2n) is 6.69. The summed E-state index contributed by atoms with van der Waals surface area (Å²) >= 11 is 0. The SMILES string of the molecule is CC(CN)c1nnc(-c2nc(-c3ccc(S(=O)(=O)C(C)C)cc3)cnc2N)o1. The van der Waals surface area contributed by atoms with Crippen molar-refractivity contribution >= 4 is 15.7 Å². The Kier molecular flexibility index (Phi) is 5.43. The van der Waals surface area contributed by atoms with Crippen molar-refractivity contribution in [2.24, 2.45) is 5.73 Å². The second kappa shape index (κ2) is 7.64. The van der Waals surface area contributed by atoms with Crippen LogP contribution >= 0.6 is 0 Å². The number of nitrogens with two attached hydrogens (primary N) is 2. The Hall–Kier alpha value is -2.85. The second-order valence-corrected chi connectivity index (χ2v) is 9.19. The molecule has 0 aliphatic carbocycles. The average molecular weight is 402 g/mol. The van der Waals surface area contributed by atoms with Gasteiger partial charge in [-0.25, -0.2) is 18.4 Å². The average Bonchev–Trinajstić information content (AvgIpc) is 3.17. The van der Waals surface area contributed by atoms with Gasteiger partial charge in [-0.2, -0.15) is 0 Å². The van der Waals surface area contributed by atoms with E-state index in [1.165, 1.54) is 6.20 Å². The maximum Gasteiger partial charge on any atom is 0.270 e. The van der Waals surface area contributed by atoms with E-state index in [9.17, 15) is 8.42 Å². The molecule has 2 aromatic heterocycles. The lowest BCUT2D eigenvalue weighted by molar-refractivity contribution is 0.470. The smallest absolute Gasteiger partial charge is 0.270 e. The van der Waals surface area contributed by atoms with E-state index >= 15 is 0 Å². The van der Waals surface area contributed by atoms with Crippen molar-refractivity contribution in [1.29, 1.82) is 0 Å². The minimum atomic E-state index is -3.34. The number of benzene rings is 1. The van der Waals surface area contributed by atoms with Gasteiger partial charge in [-0.1, -0.05) is 19.1 Å². The van der Waals surface area contributed by atoms with E-state index < -0.39 is 15.1 Å². The summed E-state index contributed by atoms with van der Waals surface area (Å²) in [7, 11) is -3.34. The van der Waals surface area contributed by atoms with Crippen molar-refractivity contribution in [2.75, 3.05) is 12.3 Å². The minimum Gasteiger partial charge on any atom is -0.419 e. The number of sulfone groups is 1. The molecule has 0 aliphatic rings. The van der Waals surface area contributed by atoms with E-state index in [0.717, 1.165) is 0 Å². The van der Waals surface area contributed by atoms with Crippen LogP contribution in [0.15, 0.2) is 39.8 Å². The first-order chi connectivity index (χ1) is 13.2. The summed E-state index contributed by atoms with van der Waals surface area (Å²) in [5, 5.41) is 7.46. The fraction of sp³-hybridized carbons (Fsp3) is 0.333. The predicted molar refractivity (Wildman–Crippen MR) is 105 cm³/mol. The molecule has 3 rings (SSSR count). The van der Waals surface area contributed by atoms with Crippen molar-refractivity contribution in [3.8, 4) is 22.8 Å². The third-order valence-electron chi connectivity index (χ3n) is 4.32. The highest BCUT2D eigenvalue weighted by Gasteiger charge is 2.20. The molecule has 2 heterocycles. The van der Waals surface area contributed by atoms with Crippen LogP contribution in [0.1, 0.15) is 32.6 Å². The molecule has 1 unspecified atom stereocenters. The minimum absolute atomic E-state index is 0.0888. The van der Waals surface area contributed by atoms with Crippen LogP contribution in [0.4, 0.5) is 5.82 Å². The Morgan fingerprint density at radius 1 is 1.11 bits per heavy atom. The zero-order valence-corrected chi connectivity index (χ0v) is 16.6. The monoisotopic (exact) mass is 402 g/mol. The molecule has 10 heteroatoms. The van der Waals surface area contributed by atoms with Gasteiger partial charge < -0.3 is 15.9 Å². The third kappa shape index (κ3) is 3.73. The van der Waals surface area contributed by atoms with Crippen LogP contribution in [0, 0.1) is 0 Å². The van der Waals surface area contributed by atoms with Gasteiger partial charge in [-0.15, -0.1) is 10.2 Å². The first-order valence-electron chi connectivity index (χ1n) is 8.74. The highest BCUT2D eigenvalue weighted by Crippen LogP contribution is 2.27. The Morgan fingerprint density at radius 2 is 1.79 bits per heavy atom. The maximum absolute atomic E-state index is 12.3. The summed E-state index contributed by atoms with van der Waals surface area (Å²) in [4.78, 5) is 8.88. The molecule has 0 amide bonds. The van der Waals surface area contributed by atoms with E-state index in [0.29, 0.717) is 23.7 Å². The fourth-order valence-electron chi connectivity index (χ4n) is 2.41. The Balaban J connectivity index is 1.97. The lowest BCUT2D eigenvalue weighted by Crippen LogP contribution is -2.13. The van der Waals surface area contributed by atoms with Crippen LogP contribution in [-0.2, 0) is 9.84 Å². The number of rotatable bonds is 6. The Labute approximate surface area is 163 Å². The Morgan fingerprint density at radius 3 is 2.39 bits per heavy atom. The number of anilines is 1. The van der Waals surface area contributed by atoms with Gasteiger partial charge in [0.15, 0.2) is 21.3 Å². The van der Waals surface area contributed by atoms with Crippen molar-refractivity contribution in [2.45, 2.75) is 36.8 Å². The highest BCUT2D eigenvalue weighted by molar-refractivity contribution is 7.92. The molecule has 0 saturated carbocycles. The molecule has 1 aromatic carbocycles. The summed E-state index contributed by atoms with van der Waals surface area (Å²) in [6.45, 7) is 5.53. The zero-order chi connectivity index (χ0) is 20.5. The van der Waals surface area contributed by atoms with Gasteiger partial charge in [0.2, 0.25) is 5.89 Å². The number of aromatic nitrogens is 4. The number of hydrogen-bond donors (Lipinski definition) is 2. The van der Waals surface area contributed by atoms with E-state index in [-0.39, 0.29) is 28.2 Å². The van der Waals surface area contributed by atoms with E-state index in [1.807, 2.05) is 6.92 Å². The van der Waals surface area contributed by atoms with Crippen molar-refractivity contribution in [3.05, 3.63) is 36.4 Å². The maximum atomic E-state index is 12.3. The lowest BCUT2D eigenvalue weighted by atomic mass is 10.1. The van der Waals surface area contributed by atoms with Gasteiger partial charge in [0.1, 0.15) is 0 Å². The first-order valence-corrected chi connectivity index (χ1v) is 10.3. The van der Waals surface area contributed by atoms with E-state index in [1.54, 1.807) is 38.1 Å². The fourth-order valence-corrected chi connectivity index (χ4v) is 3.47. The molecule has 9 nitrogen and oxygen atoms in total. The van der Waals surface area contributed by atoms with Crippen LogP contribution in [-0.4, -0.2) is 40.4 Å². The van der Waals surface area contributed by atoms with Crippen LogP contribution < -0.4 is 11.5 Å². The molecule has 4 N–H and O–H groups in total. The highest BCUT2D eigenvalue weighted by atomic mass is 32.2. The summed E-state index contributed by atoms with van der Waals surface area (Å²) in [6, 6.07) is 6.45. The summed E-state index contributed by atoms with van der Waals surface area (Å²) in [5.74, 6) is 0.612. The van der Waals surface area contributed by atoms with Gasteiger partial charge in [0, 0.05) is 18.0 Å². The topological polar surface area (TPSA) is 151 Å². The van der Waals surface area contributed by atoms with Crippen LogP contribution in [0.25, 0.3) is 22.8 Å². The standard InChI is InChI=1S/C18H22N6O3S/c1-10(2)28(25,26)13-6-4-12(5-7-13)14-9-21-16(20)15(22-14)18-24-23-17(27-18)11(3)8-19/h4-7,9-11H,8,19H2,1-3H3,(H2,20,21). The number of nitrogens with zero attached hydrogens (tertiary/aromatic N) is 4. The van der Waals surface area contributed by atoms with Crippen LogP contribution in [0.3, 0.4) is 0 Å². The van der Waals surface area contributed by atoms with Crippen LogP contribution in [0.5, 0.6) is 0 Å². The molecule has 0 bridgehead atoms. The quantitative estimate of drug-likeness (QED) is 0.630. The van der Waals surface area contributed by atoms with Crippen LogP contribution in [0.2, 0.25) is 0 Å². The van der Waals surface area contributed by atoms with Gasteiger partial charge in [0.05, 0.1) is 22.0 Å². The molecule has 0 saturated heterocycles. The largest absolute Gasteiger partial charge is 0.419 e. The molecule has 148 valence electrons. The molecule has 0 spiro atoms. The number of hydrogen-bond acceptors (Lipinski definition) is 9. The van der Waals surface area contributed by atoms with E-state index in [2.05, 4.69) is 20.2 Å².